The van der Waals surface area contributed by atoms with Crippen LogP contribution in [0.5, 0.6) is 0 Å². The highest BCUT2D eigenvalue weighted by molar-refractivity contribution is 5.71. The molecule has 0 aliphatic carbocycles. The topological polar surface area (TPSA) is 78.9 Å². The van der Waals surface area contributed by atoms with Crippen molar-refractivity contribution in [3.8, 4) is 0 Å². The van der Waals surface area contributed by atoms with Crippen LogP contribution in [0.2, 0.25) is 0 Å². The number of unbranched alkanes of at least 4 members (excludes halogenated alkanes) is 11. The molecule has 0 fully saturated rings. The predicted octanol–water partition coefficient (Wildman–Crippen LogP) is 20.9. The van der Waals surface area contributed by atoms with Crippen molar-refractivity contribution < 1.29 is 28.6 Å². The van der Waals surface area contributed by atoms with E-state index in [2.05, 4.69) is 191 Å². The zero-order valence-corrected chi connectivity index (χ0v) is 48.9. The van der Waals surface area contributed by atoms with Gasteiger partial charge in [0.25, 0.3) is 0 Å². The molecule has 0 aliphatic rings. The largest absolute Gasteiger partial charge is 0.462 e. The van der Waals surface area contributed by atoms with Crippen molar-refractivity contribution in [2.24, 2.45) is 0 Å². The summed E-state index contributed by atoms with van der Waals surface area (Å²) in [7, 11) is 0. The minimum absolute atomic E-state index is 0.141. The lowest BCUT2D eigenvalue weighted by Gasteiger charge is -2.18. The molecular weight excluding hydrogens is 949 g/mol. The van der Waals surface area contributed by atoms with Crippen molar-refractivity contribution in [1.82, 2.24) is 0 Å². The van der Waals surface area contributed by atoms with Gasteiger partial charge in [-0.05, 0) is 135 Å². The van der Waals surface area contributed by atoms with E-state index < -0.39 is 6.10 Å². The second-order valence-electron chi connectivity index (χ2n) is 19.1. The van der Waals surface area contributed by atoms with E-state index in [9.17, 15) is 14.4 Å². The molecule has 428 valence electrons. The molecule has 0 saturated heterocycles. The van der Waals surface area contributed by atoms with E-state index in [4.69, 9.17) is 14.2 Å². The van der Waals surface area contributed by atoms with Crippen molar-refractivity contribution in [3.05, 3.63) is 182 Å². The maximum atomic E-state index is 12.9. The van der Waals surface area contributed by atoms with Crippen LogP contribution in [-0.2, 0) is 28.6 Å². The molecule has 0 N–H and O–H groups in total. The van der Waals surface area contributed by atoms with Crippen LogP contribution >= 0.6 is 0 Å². The molecule has 0 aromatic rings. The zero-order chi connectivity index (χ0) is 55.7. The summed E-state index contributed by atoms with van der Waals surface area (Å²) in [5, 5.41) is 0. The van der Waals surface area contributed by atoms with Crippen molar-refractivity contribution in [2.45, 2.75) is 232 Å². The third-order valence-electron chi connectivity index (χ3n) is 11.9. The van der Waals surface area contributed by atoms with Gasteiger partial charge in [-0.2, -0.15) is 0 Å². The third-order valence-corrected chi connectivity index (χ3v) is 11.9. The van der Waals surface area contributed by atoms with Crippen molar-refractivity contribution in [1.29, 1.82) is 0 Å². The Hall–Kier alpha value is -5.49. The molecule has 0 aromatic heterocycles. The molecule has 0 heterocycles. The molecule has 0 aromatic carbocycles. The zero-order valence-electron chi connectivity index (χ0n) is 48.9. The molecule has 1 unspecified atom stereocenters. The van der Waals surface area contributed by atoms with E-state index in [1.807, 2.05) is 12.2 Å². The second kappa shape index (κ2) is 63.0. The van der Waals surface area contributed by atoms with E-state index in [1.165, 1.54) is 44.9 Å². The van der Waals surface area contributed by atoms with E-state index >= 15 is 0 Å². The number of ether oxygens (including phenoxy) is 3. The third kappa shape index (κ3) is 61.2. The molecule has 0 bridgehead atoms. The van der Waals surface area contributed by atoms with Crippen LogP contribution in [0, 0.1) is 0 Å². The Bertz CT molecular complexity index is 1840. The minimum atomic E-state index is -0.844. The molecule has 0 amide bonds. The molecular formula is C71H108O6. The Balaban J connectivity index is 4.54. The number of hydrogen-bond acceptors (Lipinski definition) is 6. The molecule has 6 heteroatoms. The molecule has 0 spiro atoms. The predicted molar refractivity (Wildman–Crippen MR) is 334 cm³/mol. The van der Waals surface area contributed by atoms with Gasteiger partial charge in [0.1, 0.15) is 13.2 Å². The molecule has 0 aliphatic heterocycles. The summed E-state index contributed by atoms with van der Waals surface area (Å²) in [5.41, 5.74) is 0. The summed E-state index contributed by atoms with van der Waals surface area (Å²) in [4.78, 5) is 38.2. The van der Waals surface area contributed by atoms with Crippen LogP contribution in [0.1, 0.15) is 226 Å². The quantitative estimate of drug-likeness (QED) is 0.0261. The molecule has 6 nitrogen and oxygen atoms in total. The highest BCUT2D eigenvalue weighted by atomic mass is 16.6. The summed E-state index contributed by atoms with van der Waals surface area (Å²) in [6.07, 6.45) is 94.8. The lowest BCUT2D eigenvalue weighted by atomic mass is 10.0. The normalized spacial score (nSPS) is 13.4. The van der Waals surface area contributed by atoms with Gasteiger partial charge < -0.3 is 14.2 Å². The fourth-order valence-corrected chi connectivity index (χ4v) is 7.49. The van der Waals surface area contributed by atoms with Gasteiger partial charge in [-0.25, -0.2) is 0 Å². The van der Waals surface area contributed by atoms with Crippen LogP contribution in [0.25, 0.3) is 0 Å². The Morgan fingerprint density at radius 2 is 0.506 bits per heavy atom. The van der Waals surface area contributed by atoms with Crippen LogP contribution in [0.15, 0.2) is 182 Å². The Labute approximate surface area is 472 Å². The lowest BCUT2D eigenvalue weighted by molar-refractivity contribution is -0.166. The highest BCUT2D eigenvalue weighted by Crippen LogP contribution is 2.14. The first-order chi connectivity index (χ1) is 38.0. The standard InChI is InChI=1S/C71H108O6/c1-4-7-10-13-16-19-22-25-27-29-31-33-35-37-39-41-43-46-49-52-55-58-61-64-70(73)76-67-68(66-75-69(72)63-60-57-54-51-48-45-24-21-18-15-12-9-6-3)77-71(74)65-62-59-56-53-50-47-44-42-40-38-36-34-32-30-28-26-23-20-17-14-11-8-5-2/h7-12,16-21,25-28,31-34,37,39,43,45-46,48,52,54-55,57,68H,4-6,13-15,22-24,29-30,35-36,38,40-42,44,47,49-51,53,56,58-67H2,1-3H3/b10-7-,11-8-,12-9-,19-16-,20-17-,21-18-,27-25-,28-26-,33-31-,34-32-,39-37-,46-43-,48-45-,55-52-,57-54-. The number of hydrogen-bond donors (Lipinski definition) is 0. The van der Waals surface area contributed by atoms with Crippen LogP contribution in [0.4, 0.5) is 0 Å². The fraction of sp³-hybridized carbons (Fsp3) is 0.535. The van der Waals surface area contributed by atoms with Gasteiger partial charge in [-0.3, -0.25) is 14.4 Å². The lowest BCUT2D eigenvalue weighted by Crippen LogP contribution is -2.30. The minimum Gasteiger partial charge on any atom is -0.462 e. The summed E-state index contributed by atoms with van der Waals surface area (Å²) < 4.78 is 16.8. The van der Waals surface area contributed by atoms with E-state index in [0.717, 1.165) is 128 Å². The molecule has 0 saturated carbocycles. The van der Waals surface area contributed by atoms with Crippen molar-refractivity contribution in [2.75, 3.05) is 13.2 Å². The SMILES string of the molecule is CC/C=C\C/C=C\C/C=C\C/C=C\C/C=C\C/C=C\C/C=C\CCCC(=O)OCC(COC(=O)CC/C=C\C/C=C\C/C=C\C/C=C\CC)OC(=O)CCCCCCCCCCCC/C=C\C/C=C\C/C=C\C/C=C\CC. The summed E-state index contributed by atoms with van der Waals surface area (Å²) in [5.74, 6) is -1.09. The maximum absolute atomic E-state index is 12.9. The van der Waals surface area contributed by atoms with E-state index in [0.29, 0.717) is 12.8 Å². The first-order valence-electron chi connectivity index (χ1n) is 30.3. The van der Waals surface area contributed by atoms with Gasteiger partial charge in [0.2, 0.25) is 0 Å². The average molecular weight is 1060 g/mol. The Kier molecular flexibility index (Phi) is 58.6. The molecule has 0 rings (SSSR count). The Morgan fingerprint density at radius 3 is 0.844 bits per heavy atom. The fourth-order valence-electron chi connectivity index (χ4n) is 7.49. The van der Waals surface area contributed by atoms with E-state index in [1.54, 1.807) is 0 Å². The monoisotopic (exact) mass is 1060 g/mol. The molecule has 77 heavy (non-hydrogen) atoms. The van der Waals surface area contributed by atoms with Gasteiger partial charge in [-0.1, -0.05) is 254 Å². The molecule has 1 atom stereocenters. The summed E-state index contributed by atoms with van der Waals surface area (Å²) >= 11 is 0. The first-order valence-corrected chi connectivity index (χ1v) is 30.3. The van der Waals surface area contributed by atoms with E-state index in [-0.39, 0.29) is 50.4 Å². The van der Waals surface area contributed by atoms with Gasteiger partial charge in [0.15, 0.2) is 6.10 Å². The Morgan fingerprint density at radius 1 is 0.260 bits per heavy atom. The second-order valence-corrected chi connectivity index (χ2v) is 19.1. The van der Waals surface area contributed by atoms with Crippen LogP contribution < -0.4 is 0 Å². The summed E-state index contributed by atoms with van der Waals surface area (Å²) in [6.45, 7) is 6.16. The number of carbonyl (C=O) groups excluding carboxylic acids is 3. The average Bonchev–Trinajstić information content (AvgIpc) is 3.43. The van der Waals surface area contributed by atoms with Gasteiger partial charge in [0.05, 0.1) is 0 Å². The van der Waals surface area contributed by atoms with Crippen molar-refractivity contribution in [3.63, 3.8) is 0 Å². The van der Waals surface area contributed by atoms with Crippen LogP contribution in [0.3, 0.4) is 0 Å². The van der Waals surface area contributed by atoms with Crippen molar-refractivity contribution >= 4 is 17.9 Å². The van der Waals surface area contributed by atoms with Gasteiger partial charge in [-0.15, -0.1) is 0 Å². The van der Waals surface area contributed by atoms with Gasteiger partial charge >= 0.3 is 17.9 Å². The highest BCUT2D eigenvalue weighted by Gasteiger charge is 2.19. The smallest absolute Gasteiger partial charge is 0.306 e. The van der Waals surface area contributed by atoms with Gasteiger partial charge in [0, 0.05) is 19.3 Å². The van der Waals surface area contributed by atoms with Crippen LogP contribution in [-0.4, -0.2) is 37.2 Å². The maximum Gasteiger partial charge on any atom is 0.306 e. The number of carbonyl (C=O) groups is 3. The summed E-state index contributed by atoms with van der Waals surface area (Å²) in [6, 6.07) is 0. The number of allylic oxidation sites excluding steroid dienone is 30. The molecule has 0 radical (unpaired) electrons. The number of esters is 3. The first kappa shape index (κ1) is 71.5. The number of rotatable bonds is 52.